The minimum atomic E-state index is -0.605. The number of ether oxygens (including phenoxy) is 2. The third kappa shape index (κ3) is 6.93. The Bertz CT molecular complexity index is 1680. The molecule has 0 bridgehead atoms. The minimum Gasteiger partial charge on any atom is -0.492 e. The largest absolute Gasteiger partial charge is 0.492 e. The number of hydrogen-bond donors (Lipinski definition) is 2. The summed E-state index contributed by atoms with van der Waals surface area (Å²) in [6, 6.07) is 29.0. The van der Waals surface area contributed by atoms with Gasteiger partial charge in [0.05, 0.1) is 16.2 Å². The van der Waals surface area contributed by atoms with Gasteiger partial charge in [-0.2, -0.15) is 0 Å². The molecule has 1 aliphatic rings. The number of nitrogens with zero attached hydrogens (tertiary/aromatic N) is 3. The Kier molecular flexibility index (Phi) is 8.77. The van der Waals surface area contributed by atoms with E-state index in [4.69, 9.17) is 26.1 Å². The van der Waals surface area contributed by atoms with Gasteiger partial charge in [0.15, 0.2) is 5.75 Å². The van der Waals surface area contributed by atoms with Gasteiger partial charge in [-0.15, -0.1) is 0 Å². The van der Waals surface area contributed by atoms with Gasteiger partial charge in [-0.25, -0.2) is 9.78 Å². The summed E-state index contributed by atoms with van der Waals surface area (Å²) < 4.78 is 11.2. The van der Waals surface area contributed by atoms with E-state index in [2.05, 4.69) is 69.5 Å². The van der Waals surface area contributed by atoms with Gasteiger partial charge in [-0.3, -0.25) is 10.2 Å². The zero-order valence-corrected chi connectivity index (χ0v) is 24.8. The lowest BCUT2D eigenvalue weighted by atomic mass is 10.1. The van der Waals surface area contributed by atoms with Crippen LogP contribution in [-0.4, -0.2) is 60.3 Å². The molecule has 5 aromatic rings. The number of nitrogens with one attached hydrogen (secondary N) is 2. The molecule has 0 saturated carbocycles. The smallest absolute Gasteiger partial charge is 0.417 e. The predicted octanol–water partition coefficient (Wildman–Crippen LogP) is 7.26. The predicted molar refractivity (Wildman–Crippen MR) is 173 cm³/mol. The number of rotatable bonds is 9. The van der Waals surface area contributed by atoms with Crippen LogP contribution < -0.4 is 19.7 Å². The number of carbonyl (C=O) groups excluding carboxylic acids is 1. The van der Waals surface area contributed by atoms with Crippen LogP contribution in [0.2, 0.25) is 5.02 Å². The highest BCUT2D eigenvalue weighted by Gasteiger charge is 2.20. The number of imidazole rings is 1. The first-order valence-electron chi connectivity index (χ1n) is 14.6. The van der Waals surface area contributed by atoms with Crippen molar-refractivity contribution in [3.8, 4) is 22.9 Å². The quantitative estimate of drug-likeness (QED) is 0.187. The average Bonchev–Trinajstić information content (AvgIpc) is 3.48. The molecule has 1 aliphatic heterocycles. The number of amides is 1. The maximum Gasteiger partial charge on any atom is 0.417 e. The molecule has 9 heteroatoms. The van der Waals surface area contributed by atoms with Crippen LogP contribution in [0, 0.1) is 0 Å². The Morgan fingerprint density at radius 3 is 2.44 bits per heavy atom. The topological polar surface area (TPSA) is 82.7 Å². The van der Waals surface area contributed by atoms with Crippen LogP contribution in [0.15, 0.2) is 91.0 Å². The Labute approximate surface area is 256 Å². The van der Waals surface area contributed by atoms with Crippen LogP contribution >= 0.6 is 11.6 Å². The Morgan fingerprint density at radius 1 is 0.930 bits per heavy atom. The molecule has 0 aliphatic carbocycles. The summed E-state index contributed by atoms with van der Waals surface area (Å²) in [5.74, 6) is 1.96. The normalized spacial score (nSPS) is 13.7. The fraction of sp³-hybridized carbons (Fsp3) is 0.235. The summed E-state index contributed by atoms with van der Waals surface area (Å²) in [6.07, 6.45) is 0.422. The summed E-state index contributed by atoms with van der Waals surface area (Å²) in [6.45, 7) is 7.34. The van der Waals surface area contributed by atoms with Crippen LogP contribution in [-0.2, 0) is 6.42 Å². The second-order valence-corrected chi connectivity index (χ2v) is 10.9. The molecule has 1 saturated heterocycles. The van der Waals surface area contributed by atoms with Crippen LogP contribution in [0.1, 0.15) is 12.5 Å². The van der Waals surface area contributed by atoms with Crippen molar-refractivity contribution in [3.63, 3.8) is 0 Å². The van der Waals surface area contributed by atoms with Crippen molar-refractivity contribution in [1.82, 2.24) is 14.9 Å². The molecule has 220 valence electrons. The van der Waals surface area contributed by atoms with Crippen molar-refractivity contribution >= 4 is 40.1 Å². The number of fused-ring (bicyclic) bond motifs is 1. The fourth-order valence-electron chi connectivity index (χ4n) is 5.22. The lowest BCUT2D eigenvalue weighted by Gasteiger charge is -2.36. The third-order valence-electron chi connectivity index (χ3n) is 7.66. The monoisotopic (exact) mass is 595 g/mol. The van der Waals surface area contributed by atoms with Crippen molar-refractivity contribution in [2.24, 2.45) is 0 Å². The van der Waals surface area contributed by atoms with E-state index in [1.165, 1.54) is 11.3 Å². The van der Waals surface area contributed by atoms with Gasteiger partial charge >= 0.3 is 6.09 Å². The summed E-state index contributed by atoms with van der Waals surface area (Å²) in [4.78, 5) is 25.5. The molecule has 2 N–H and O–H groups in total. The second kappa shape index (κ2) is 13.2. The fourth-order valence-corrected chi connectivity index (χ4v) is 5.39. The molecule has 0 unspecified atom stereocenters. The molecule has 0 spiro atoms. The zero-order valence-electron chi connectivity index (χ0n) is 24.1. The highest BCUT2D eigenvalue weighted by molar-refractivity contribution is 6.32. The third-order valence-corrected chi connectivity index (χ3v) is 7.97. The van der Waals surface area contributed by atoms with E-state index in [9.17, 15) is 4.79 Å². The average molecular weight is 596 g/mol. The number of aromatic amines is 1. The van der Waals surface area contributed by atoms with Gasteiger partial charge in [-0.05, 0) is 60.5 Å². The molecule has 1 fully saturated rings. The zero-order chi connectivity index (χ0) is 29.6. The van der Waals surface area contributed by atoms with Crippen LogP contribution in [0.3, 0.4) is 0 Å². The molecule has 8 nitrogen and oxygen atoms in total. The number of para-hydroxylation sites is 2. The number of aryl methyl sites for hydroxylation is 1. The van der Waals surface area contributed by atoms with Crippen molar-refractivity contribution in [1.29, 1.82) is 0 Å². The molecular formula is C34H34ClN5O3. The summed E-state index contributed by atoms with van der Waals surface area (Å²) in [5, 5.41) is 3.08. The van der Waals surface area contributed by atoms with Gasteiger partial charge in [0.1, 0.15) is 23.7 Å². The minimum absolute atomic E-state index is 0.309. The number of halogens is 1. The number of aromatic nitrogens is 2. The van der Waals surface area contributed by atoms with E-state index in [1.54, 1.807) is 36.4 Å². The lowest BCUT2D eigenvalue weighted by molar-refractivity contribution is 0.200. The van der Waals surface area contributed by atoms with E-state index >= 15 is 0 Å². The van der Waals surface area contributed by atoms with E-state index in [1.807, 2.05) is 12.1 Å². The maximum atomic E-state index is 12.2. The number of anilines is 2. The Hall–Kier alpha value is -4.53. The number of carbonyl (C=O) groups is 1. The van der Waals surface area contributed by atoms with Gasteiger partial charge < -0.3 is 19.4 Å². The molecule has 2 heterocycles. The number of H-pyrrole nitrogens is 1. The SMILES string of the molecule is CCc1ccc(-c2nc3c(N4CCN(CCOc5ccc(NC(=O)Oc6ccccc6Cl)cc5)CC4)cccc3[nH]2)cc1. The second-order valence-electron chi connectivity index (χ2n) is 10.5. The van der Waals surface area contributed by atoms with Gasteiger partial charge in [0, 0.05) is 44.0 Å². The first-order valence-corrected chi connectivity index (χ1v) is 14.9. The van der Waals surface area contributed by atoms with Gasteiger partial charge in [0.2, 0.25) is 0 Å². The van der Waals surface area contributed by atoms with Crippen molar-refractivity contribution in [2.45, 2.75) is 13.3 Å². The number of hydrogen-bond acceptors (Lipinski definition) is 6. The van der Waals surface area contributed by atoms with Crippen molar-refractivity contribution in [3.05, 3.63) is 102 Å². The summed E-state index contributed by atoms with van der Waals surface area (Å²) >= 11 is 6.05. The van der Waals surface area contributed by atoms with Crippen molar-refractivity contribution < 1.29 is 14.3 Å². The van der Waals surface area contributed by atoms with E-state index in [0.717, 1.165) is 67.3 Å². The molecular weight excluding hydrogens is 562 g/mol. The van der Waals surface area contributed by atoms with E-state index in [-0.39, 0.29) is 0 Å². The summed E-state index contributed by atoms with van der Waals surface area (Å²) in [7, 11) is 0. The molecule has 0 radical (unpaired) electrons. The molecule has 1 amide bonds. The highest BCUT2D eigenvalue weighted by atomic mass is 35.5. The number of benzene rings is 4. The first kappa shape index (κ1) is 28.6. The summed E-state index contributed by atoms with van der Waals surface area (Å²) in [5.41, 5.74) is 6.28. The lowest BCUT2D eigenvalue weighted by Crippen LogP contribution is -2.47. The van der Waals surface area contributed by atoms with E-state index < -0.39 is 6.09 Å². The first-order chi connectivity index (χ1) is 21.1. The van der Waals surface area contributed by atoms with Crippen LogP contribution in [0.25, 0.3) is 22.4 Å². The van der Waals surface area contributed by atoms with Crippen molar-refractivity contribution in [2.75, 3.05) is 49.5 Å². The van der Waals surface area contributed by atoms with E-state index in [0.29, 0.717) is 23.1 Å². The van der Waals surface area contributed by atoms with Gasteiger partial charge in [0.25, 0.3) is 0 Å². The van der Waals surface area contributed by atoms with Crippen LogP contribution in [0.4, 0.5) is 16.2 Å². The number of piperazine rings is 1. The molecule has 6 rings (SSSR count). The Balaban J connectivity index is 0.973. The maximum absolute atomic E-state index is 12.2. The Morgan fingerprint density at radius 2 is 1.70 bits per heavy atom. The molecule has 4 aromatic carbocycles. The molecule has 1 aromatic heterocycles. The highest BCUT2D eigenvalue weighted by Crippen LogP contribution is 2.29. The molecule has 0 atom stereocenters. The molecule has 43 heavy (non-hydrogen) atoms. The van der Waals surface area contributed by atoms with Crippen LogP contribution in [0.5, 0.6) is 11.5 Å². The standard InChI is InChI=1S/C34H34ClN5O3/c1-2-24-10-12-25(13-11-24)33-37-29-7-5-8-30(32(29)38-33)40-20-18-39(19-21-40)22-23-42-27-16-14-26(15-17-27)36-34(41)43-31-9-4-3-6-28(31)35/h3-17H,2,18-23H2,1H3,(H,36,41)(H,37,38). The van der Waals surface area contributed by atoms with Gasteiger partial charge in [-0.1, -0.05) is 61.0 Å².